The number of urea groups is 1. The Morgan fingerprint density at radius 1 is 1.53 bits per heavy atom. The van der Waals surface area contributed by atoms with E-state index in [9.17, 15) is 4.79 Å². The fourth-order valence-corrected chi connectivity index (χ4v) is 1.83. The SMILES string of the molecule is CC1CN(C(=O)NC2CC2)CC(CN)O1. The summed E-state index contributed by atoms with van der Waals surface area (Å²) in [6.45, 7) is 3.71. The molecular weight excluding hydrogens is 194 g/mol. The Kier molecular flexibility index (Phi) is 3.11. The molecule has 2 rings (SSSR count). The molecular formula is C10H19N3O2. The molecule has 0 aromatic rings. The van der Waals surface area contributed by atoms with E-state index in [1.807, 2.05) is 11.8 Å². The third-order valence-electron chi connectivity index (χ3n) is 2.78. The van der Waals surface area contributed by atoms with Gasteiger partial charge in [0.25, 0.3) is 0 Å². The molecule has 86 valence electrons. The van der Waals surface area contributed by atoms with Crippen LogP contribution in [0.4, 0.5) is 4.79 Å². The number of rotatable bonds is 2. The third kappa shape index (κ3) is 2.82. The number of nitrogens with one attached hydrogen (secondary N) is 1. The number of nitrogens with two attached hydrogens (primary N) is 1. The van der Waals surface area contributed by atoms with Crippen LogP contribution in [0.2, 0.25) is 0 Å². The number of ether oxygens (including phenoxy) is 1. The number of nitrogens with zero attached hydrogens (tertiary/aromatic N) is 1. The van der Waals surface area contributed by atoms with Gasteiger partial charge in [0.05, 0.1) is 12.2 Å². The van der Waals surface area contributed by atoms with Gasteiger partial charge in [-0.3, -0.25) is 0 Å². The highest BCUT2D eigenvalue weighted by Crippen LogP contribution is 2.19. The molecule has 5 heteroatoms. The minimum absolute atomic E-state index is 0.0151. The van der Waals surface area contributed by atoms with E-state index in [0.717, 1.165) is 12.8 Å². The lowest BCUT2D eigenvalue weighted by molar-refractivity contribution is -0.0588. The van der Waals surface area contributed by atoms with Crippen molar-refractivity contribution in [2.24, 2.45) is 5.73 Å². The monoisotopic (exact) mass is 213 g/mol. The highest BCUT2D eigenvalue weighted by molar-refractivity contribution is 5.75. The number of carbonyl (C=O) groups is 1. The van der Waals surface area contributed by atoms with Gasteiger partial charge < -0.3 is 20.7 Å². The third-order valence-corrected chi connectivity index (χ3v) is 2.78. The van der Waals surface area contributed by atoms with Gasteiger partial charge in [0, 0.05) is 25.7 Å². The standard InChI is InChI=1S/C10H19N3O2/c1-7-5-13(6-9(4-11)15-7)10(14)12-8-2-3-8/h7-9H,2-6,11H2,1H3,(H,12,14). The van der Waals surface area contributed by atoms with Crippen LogP contribution >= 0.6 is 0 Å². The van der Waals surface area contributed by atoms with Crippen molar-refractivity contribution in [3.8, 4) is 0 Å². The van der Waals surface area contributed by atoms with Crippen molar-refractivity contribution in [2.45, 2.75) is 38.0 Å². The highest BCUT2D eigenvalue weighted by Gasteiger charge is 2.30. The zero-order chi connectivity index (χ0) is 10.8. The zero-order valence-electron chi connectivity index (χ0n) is 9.11. The van der Waals surface area contributed by atoms with Crippen molar-refractivity contribution in [2.75, 3.05) is 19.6 Å². The predicted octanol–water partition coefficient (Wildman–Crippen LogP) is -0.0936. The van der Waals surface area contributed by atoms with Gasteiger partial charge in [-0.2, -0.15) is 0 Å². The van der Waals surface area contributed by atoms with Crippen molar-refractivity contribution >= 4 is 6.03 Å². The smallest absolute Gasteiger partial charge is 0.317 e. The van der Waals surface area contributed by atoms with Crippen LogP contribution in [0.5, 0.6) is 0 Å². The van der Waals surface area contributed by atoms with Crippen molar-refractivity contribution in [1.82, 2.24) is 10.2 Å². The van der Waals surface area contributed by atoms with Crippen LogP contribution in [0.25, 0.3) is 0 Å². The molecule has 1 saturated carbocycles. The van der Waals surface area contributed by atoms with Gasteiger partial charge in [0.15, 0.2) is 0 Å². The van der Waals surface area contributed by atoms with Crippen molar-refractivity contribution in [1.29, 1.82) is 0 Å². The van der Waals surface area contributed by atoms with Crippen LogP contribution < -0.4 is 11.1 Å². The Hall–Kier alpha value is -0.810. The molecule has 0 aromatic heterocycles. The summed E-state index contributed by atoms with van der Waals surface area (Å²) >= 11 is 0. The Balaban J connectivity index is 1.86. The molecule has 2 amide bonds. The first-order chi connectivity index (χ1) is 7.19. The second-order valence-electron chi connectivity index (χ2n) is 4.43. The summed E-state index contributed by atoms with van der Waals surface area (Å²) in [5.41, 5.74) is 5.56. The first-order valence-corrected chi connectivity index (χ1v) is 5.60. The van der Waals surface area contributed by atoms with Gasteiger partial charge in [-0.05, 0) is 19.8 Å². The first kappa shape index (κ1) is 10.7. The van der Waals surface area contributed by atoms with E-state index in [4.69, 9.17) is 10.5 Å². The van der Waals surface area contributed by atoms with Gasteiger partial charge in [0.1, 0.15) is 0 Å². The van der Waals surface area contributed by atoms with E-state index in [2.05, 4.69) is 5.32 Å². The van der Waals surface area contributed by atoms with Crippen molar-refractivity contribution in [3.05, 3.63) is 0 Å². The van der Waals surface area contributed by atoms with E-state index >= 15 is 0 Å². The van der Waals surface area contributed by atoms with Crippen LogP contribution in [0.3, 0.4) is 0 Å². The van der Waals surface area contributed by atoms with Crippen LogP contribution in [0.15, 0.2) is 0 Å². The average molecular weight is 213 g/mol. The Morgan fingerprint density at radius 3 is 2.87 bits per heavy atom. The topological polar surface area (TPSA) is 67.6 Å². The molecule has 0 radical (unpaired) electrons. The lowest BCUT2D eigenvalue weighted by Gasteiger charge is -2.36. The van der Waals surface area contributed by atoms with Crippen LogP contribution in [-0.2, 0) is 4.74 Å². The molecule has 3 N–H and O–H groups in total. The number of hydrogen-bond donors (Lipinski definition) is 2. The lowest BCUT2D eigenvalue weighted by Crippen LogP contribution is -2.54. The first-order valence-electron chi connectivity index (χ1n) is 5.60. The summed E-state index contributed by atoms with van der Waals surface area (Å²) in [6, 6.07) is 0.443. The van der Waals surface area contributed by atoms with E-state index in [1.54, 1.807) is 0 Å². The van der Waals surface area contributed by atoms with Gasteiger partial charge in [-0.15, -0.1) is 0 Å². The quantitative estimate of drug-likeness (QED) is 0.673. The maximum Gasteiger partial charge on any atom is 0.317 e. The molecule has 1 aliphatic heterocycles. The van der Waals surface area contributed by atoms with Gasteiger partial charge in [-0.25, -0.2) is 4.79 Å². The summed E-state index contributed by atoms with van der Waals surface area (Å²) in [4.78, 5) is 13.6. The Labute approximate surface area is 89.9 Å². The lowest BCUT2D eigenvalue weighted by atomic mass is 10.2. The van der Waals surface area contributed by atoms with E-state index in [0.29, 0.717) is 25.7 Å². The Bertz CT molecular complexity index is 243. The number of hydrogen-bond acceptors (Lipinski definition) is 3. The minimum atomic E-state index is -0.0151. The molecule has 0 spiro atoms. The minimum Gasteiger partial charge on any atom is -0.370 e. The fraction of sp³-hybridized carbons (Fsp3) is 0.900. The molecule has 2 aliphatic rings. The molecule has 5 nitrogen and oxygen atoms in total. The van der Waals surface area contributed by atoms with Crippen molar-refractivity contribution in [3.63, 3.8) is 0 Å². The molecule has 1 saturated heterocycles. The normalized spacial score (nSPS) is 31.5. The fourth-order valence-electron chi connectivity index (χ4n) is 1.83. The predicted molar refractivity (Wildman–Crippen MR) is 56.5 cm³/mol. The van der Waals surface area contributed by atoms with Crippen LogP contribution in [0, 0.1) is 0 Å². The number of amides is 2. The molecule has 2 unspecified atom stereocenters. The van der Waals surface area contributed by atoms with E-state index in [1.165, 1.54) is 0 Å². The average Bonchev–Trinajstić information content (AvgIpc) is 3.00. The van der Waals surface area contributed by atoms with E-state index in [-0.39, 0.29) is 18.2 Å². The molecule has 2 fully saturated rings. The molecule has 1 aliphatic carbocycles. The molecule has 2 atom stereocenters. The molecule has 0 bridgehead atoms. The summed E-state index contributed by atoms with van der Waals surface area (Å²) in [6.07, 6.45) is 2.30. The highest BCUT2D eigenvalue weighted by atomic mass is 16.5. The largest absolute Gasteiger partial charge is 0.370 e. The second kappa shape index (κ2) is 4.37. The van der Waals surface area contributed by atoms with Crippen LogP contribution in [0.1, 0.15) is 19.8 Å². The summed E-state index contributed by atoms with van der Waals surface area (Å²) in [7, 11) is 0. The number of carbonyl (C=O) groups excluding carboxylic acids is 1. The number of morpholine rings is 1. The molecule has 0 aromatic carbocycles. The summed E-state index contributed by atoms with van der Waals surface area (Å²) in [5, 5.41) is 2.98. The zero-order valence-corrected chi connectivity index (χ0v) is 9.11. The van der Waals surface area contributed by atoms with Gasteiger partial charge in [-0.1, -0.05) is 0 Å². The molecule has 1 heterocycles. The molecule has 15 heavy (non-hydrogen) atoms. The second-order valence-corrected chi connectivity index (χ2v) is 4.43. The van der Waals surface area contributed by atoms with Crippen molar-refractivity contribution < 1.29 is 9.53 Å². The van der Waals surface area contributed by atoms with E-state index < -0.39 is 0 Å². The maximum absolute atomic E-state index is 11.8. The van der Waals surface area contributed by atoms with Crippen LogP contribution in [-0.4, -0.2) is 48.8 Å². The van der Waals surface area contributed by atoms with Gasteiger partial charge >= 0.3 is 6.03 Å². The van der Waals surface area contributed by atoms with Gasteiger partial charge in [0.2, 0.25) is 0 Å². The Morgan fingerprint density at radius 2 is 2.27 bits per heavy atom. The maximum atomic E-state index is 11.8. The summed E-state index contributed by atoms with van der Waals surface area (Å²) in [5.74, 6) is 0. The summed E-state index contributed by atoms with van der Waals surface area (Å²) < 4.78 is 5.59.